The summed E-state index contributed by atoms with van der Waals surface area (Å²) in [5.41, 5.74) is 4.36. The van der Waals surface area contributed by atoms with Crippen molar-refractivity contribution in [2.24, 2.45) is 17.6 Å². The fraction of sp³-hybridized carbons (Fsp3) is 0.537. The minimum atomic E-state index is -3.60. The van der Waals surface area contributed by atoms with E-state index in [1.54, 1.807) is 42.6 Å². The van der Waals surface area contributed by atoms with Crippen LogP contribution in [0.1, 0.15) is 57.3 Å². The van der Waals surface area contributed by atoms with Gasteiger partial charge in [-0.3, -0.25) is 9.69 Å². The van der Waals surface area contributed by atoms with Crippen LogP contribution in [0.3, 0.4) is 0 Å². The van der Waals surface area contributed by atoms with Crippen molar-refractivity contribution in [2.45, 2.75) is 85.7 Å². The molecule has 1 aliphatic carbocycles. The monoisotopic (exact) mass is 778 g/mol. The lowest BCUT2D eigenvalue weighted by molar-refractivity contribution is -0.129. The summed E-state index contributed by atoms with van der Waals surface area (Å²) in [5.74, 6) is 0.219. The van der Waals surface area contributed by atoms with Crippen LogP contribution < -0.4 is 10.6 Å². The van der Waals surface area contributed by atoms with Crippen LogP contribution in [0.25, 0.3) is 0 Å². The maximum atomic E-state index is 16.3. The van der Waals surface area contributed by atoms with E-state index in [1.807, 2.05) is 24.1 Å². The van der Waals surface area contributed by atoms with Crippen molar-refractivity contribution in [1.82, 2.24) is 19.4 Å². The molecule has 296 valence electrons. The van der Waals surface area contributed by atoms with Crippen molar-refractivity contribution >= 4 is 27.5 Å². The minimum Gasteiger partial charge on any atom is -0.443 e. The summed E-state index contributed by atoms with van der Waals surface area (Å²) >= 11 is 0. The highest BCUT2D eigenvalue weighted by Crippen LogP contribution is 2.56. The Balaban J connectivity index is 1.05. The number of nitrogens with zero attached hydrogens (tertiary/aromatic N) is 5. The Hall–Kier alpha value is -4.30. The number of anilines is 1. The van der Waals surface area contributed by atoms with Crippen molar-refractivity contribution in [2.75, 3.05) is 50.7 Å². The van der Waals surface area contributed by atoms with Crippen molar-refractivity contribution in [1.29, 1.82) is 0 Å². The average molecular weight is 779 g/mol. The number of amides is 2. The number of nitrogens with two attached hydrogens (primary N) is 1. The van der Waals surface area contributed by atoms with Gasteiger partial charge >= 0.3 is 6.09 Å². The molecule has 1 saturated carbocycles. The summed E-state index contributed by atoms with van der Waals surface area (Å²) in [6.45, 7) is 10.3. The molecule has 4 heterocycles. The SMILES string of the molecule is C=CC(=O)N1CC(S(=O)(=O)c2ccc(N3CC(F)(CN4CCC(C(Cn5ccnc5CC)(c5cccc(F)c5)[C@H]5CCC[C@]5(C)OC(N)=O)CC4)C3)cc2)C1. The second-order valence-electron chi connectivity index (χ2n) is 16.2. The van der Waals surface area contributed by atoms with E-state index < -0.39 is 37.9 Å². The number of hydrogen-bond donors (Lipinski definition) is 1. The normalized spacial score (nSPS) is 24.5. The van der Waals surface area contributed by atoms with Crippen LogP contribution in [0.2, 0.25) is 0 Å². The van der Waals surface area contributed by atoms with Gasteiger partial charge < -0.3 is 24.8 Å². The number of carbonyl (C=O) groups excluding carboxylic acids is 2. The van der Waals surface area contributed by atoms with Crippen LogP contribution >= 0.6 is 0 Å². The Morgan fingerprint density at radius 1 is 1.11 bits per heavy atom. The average Bonchev–Trinajstić information content (AvgIpc) is 3.74. The number of sulfone groups is 1. The number of primary amides is 1. The second kappa shape index (κ2) is 15.0. The maximum Gasteiger partial charge on any atom is 0.405 e. The molecule has 4 aliphatic rings. The molecule has 55 heavy (non-hydrogen) atoms. The number of imidazole rings is 1. The van der Waals surface area contributed by atoms with E-state index in [4.69, 9.17) is 10.5 Å². The lowest BCUT2D eigenvalue weighted by atomic mass is 9.56. The van der Waals surface area contributed by atoms with Gasteiger partial charge in [0.2, 0.25) is 5.91 Å². The Labute approximate surface area is 322 Å². The zero-order chi connectivity index (χ0) is 39.2. The van der Waals surface area contributed by atoms with Crippen molar-refractivity contribution < 1.29 is 31.5 Å². The van der Waals surface area contributed by atoms with E-state index in [9.17, 15) is 18.0 Å². The molecule has 1 aromatic heterocycles. The molecule has 2 amide bonds. The zero-order valence-corrected chi connectivity index (χ0v) is 32.5. The summed E-state index contributed by atoms with van der Waals surface area (Å²) in [6, 6.07) is 13.4. The van der Waals surface area contributed by atoms with E-state index in [1.165, 1.54) is 17.0 Å². The molecule has 0 bridgehead atoms. The number of benzene rings is 2. The predicted octanol–water partition coefficient (Wildman–Crippen LogP) is 5.29. The highest BCUT2D eigenvalue weighted by Gasteiger charge is 2.58. The van der Waals surface area contributed by atoms with Crippen LogP contribution in [0, 0.1) is 17.7 Å². The number of piperidine rings is 1. The van der Waals surface area contributed by atoms with Gasteiger partial charge in [0.05, 0.1) is 18.0 Å². The molecule has 4 fully saturated rings. The van der Waals surface area contributed by atoms with Gasteiger partial charge in [0, 0.05) is 62.0 Å². The minimum absolute atomic E-state index is 0.0604. The van der Waals surface area contributed by atoms with Crippen LogP contribution in [0.15, 0.2) is 78.5 Å². The Morgan fingerprint density at radius 3 is 2.45 bits per heavy atom. The molecular formula is C41H52F2N6O5S. The Kier molecular flexibility index (Phi) is 10.6. The van der Waals surface area contributed by atoms with Gasteiger partial charge in [0.1, 0.15) is 22.5 Å². The standard InChI is InChI=1S/C41H52F2N6O5S/c1-4-36-45-18-21-47(36)28-41(30-8-6-9-31(42)22-30,35-10-7-17-39(35,3)54-38(44)51)29-15-19-46(20-16-29)25-40(43)26-49(27-40)32-11-13-33(14-12-32)55(52,53)34-23-48(24-34)37(50)5-2/h5-6,8-9,11-14,18,21-22,29,34-35H,2,4,7,10,15-17,19-20,23-28H2,1,3H3,(H2,44,51)/t35-,39-,41?/m0/s1. The number of likely N-dealkylation sites (tertiary alicyclic amines) is 2. The Morgan fingerprint density at radius 2 is 1.82 bits per heavy atom. The third kappa shape index (κ3) is 7.39. The lowest BCUT2D eigenvalue weighted by Gasteiger charge is -2.53. The van der Waals surface area contributed by atoms with Gasteiger partial charge in [0.25, 0.3) is 0 Å². The third-order valence-corrected chi connectivity index (χ3v) is 15.0. The first-order valence-corrected chi connectivity index (χ1v) is 20.9. The first kappa shape index (κ1) is 39.0. The summed E-state index contributed by atoms with van der Waals surface area (Å²) in [6.07, 6.45) is 8.61. The molecule has 0 radical (unpaired) electrons. The second-order valence-corrected chi connectivity index (χ2v) is 18.4. The largest absolute Gasteiger partial charge is 0.443 e. The Bertz CT molecular complexity index is 2010. The summed E-state index contributed by atoms with van der Waals surface area (Å²) in [7, 11) is -3.60. The van der Waals surface area contributed by atoms with E-state index in [-0.39, 0.29) is 61.2 Å². The van der Waals surface area contributed by atoms with Gasteiger partial charge in [-0.25, -0.2) is 27.0 Å². The fourth-order valence-electron chi connectivity index (χ4n) is 10.1. The quantitative estimate of drug-likeness (QED) is 0.232. The van der Waals surface area contributed by atoms with Crippen molar-refractivity contribution in [3.8, 4) is 0 Å². The maximum absolute atomic E-state index is 16.3. The molecule has 14 heteroatoms. The molecule has 2 aromatic carbocycles. The molecule has 3 atom stereocenters. The number of alkyl halides is 1. The fourth-order valence-corrected chi connectivity index (χ4v) is 11.8. The van der Waals surface area contributed by atoms with Crippen molar-refractivity contribution in [3.63, 3.8) is 0 Å². The number of aromatic nitrogens is 2. The molecule has 11 nitrogen and oxygen atoms in total. The molecular weight excluding hydrogens is 727 g/mol. The van der Waals surface area contributed by atoms with Crippen LogP contribution in [-0.2, 0) is 37.7 Å². The van der Waals surface area contributed by atoms with Crippen LogP contribution in [0.4, 0.5) is 19.3 Å². The smallest absolute Gasteiger partial charge is 0.405 e. The van der Waals surface area contributed by atoms with E-state index in [2.05, 4.69) is 28.0 Å². The highest BCUT2D eigenvalue weighted by atomic mass is 32.2. The van der Waals surface area contributed by atoms with E-state index >= 15 is 8.78 Å². The van der Waals surface area contributed by atoms with Gasteiger partial charge in [-0.05, 0) is 106 Å². The number of aryl methyl sites for hydroxylation is 1. The van der Waals surface area contributed by atoms with Gasteiger partial charge in [-0.2, -0.15) is 0 Å². The number of halogens is 2. The first-order valence-electron chi connectivity index (χ1n) is 19.4. The van der Waals surface area contributed by atoms with E-state index in [0.717, 1.165) is 49.2 Å². The number of rotatable bonds is 13. The highest BCUT2D eigenvalue weighted by molar-refractivity contribution is 7.92. The lowest BCUT2D eigenvalue weighted by Crippen LogP contribution is -2.64. The summed E-state index contributed by atoms with van der Waals surface area (Å²) < 4.78 is 65.8. The number of hydrogen-bond acceptors (Lipinski definition) is 8. The zero-order valence-electron chi connectivity index (χ0n) is 31.7. The summed E-state index contributed by atoms with van der Waals surface area (Å²) in [4.78, 5) is 34.4. The van der Waals surface area contributed by atoms with Crippen LogP contribution in [-0.4, -0.2) is 102 Å². The summed E-state index contributed by atoms with van der Waals surface area (Å²) in [5, 5.41) is -0.654. The first-order chi connectivity index (χ1) is 26.2. The van der Waals surface area contributed by atoms with Crippen molar-refractivity contribution in [3.05, 3.63) is 90.8 Å². The number of ether oxygens (including phenoxy) is 1. The van der Waals surface area contributed by atoms with Gasteiger partial charge in [0.15, 0.2) is 15.5 Å². The molecule has 0 spiro atoms. The number of carbonyl (C=O) groups is 2. The third-order valence-electron chi connectivity index (χ3n) is 12.8. The van der Waals surface area contributed by atoms with Gasteiger partial charge in [-0.1, -0.05) is 25.6 Å². The topological polar surface area (TPSA) is 131 Å². The van der Waals surface area contributed by atoms with E-state index in [0.29, 0.717) is 26.1 Å². The molecule has 3 aromatic rings. The molecule has 2 N–H and O–H groups in total. The molecule has 7 rings (SSSR count). The molecule has 3 saturated heterocycles. The molecule has 3 aliphatic heterocycles. The predicted molar refractivity (Wildman–Crippen MR) is 206 cm³/mol. The molecule has 1 unspecified atom stereocenters. The van der Waals surface area contributed by atoms with Gasteiger partial charge in [-0.15, -0.1) is 0 Å². The van der Waals surface area contributed by atoms with Crippen LogP contribution in [0.5, 0.6) is 0 Å².